The van der Waals surface area contributed by atoms with Crippen LogP contribution in [0.15, 0.2) is 36.8 Å². The van der Waals surface area contributed by atoms with Crippen molar-refractivity contribution in [1.82, 2.24) is 24.5 Å². The summed E-state index contributed by atoms with van der Waals surface area (Å²) < 4.78 is 15.2. The number of fused-ring (bicyclic) bond motifs is 1. The first-order valence-electron chi connectivity index (χ1n) is 8.31. The first-order valence-corrected chi connectivity index (χ1v) is 8.31. The molecule has 1 aliphatic heterocycles. The second-order valence-electron chi connectivity index (χ2n) is 6.20. The van der Waals surface area contributed by atoms with E-state index in [1.165, 1.54) is 23.0 Å². The van der Waals surface area contributed by atoms with Gasteiger partial charge in [-0.3, -0.25) is 9.78 Å². The van der Waals surface area contributed by atoms with E-state index in [1.807, 2.05) is 12.1 Å². The minimum absolute atomic E-state index is 0.0650. The Hall–Kier alpha value is -3.07. The standard InChI is InChI=1S/C17H18FN7O/c1-23-6-8-24(9-7-23)16-3-2-15-20-11-14(25(15)22-16)17(26)21-13-4-5-19-10-12(13)18/h2-5,10-11H,6-9H2,1H3,(H,19,21,26). The highest BCUT2D eigenvalue weighted by atomic mass is 19.1. The predicted molar refractivity (Wildman–Crippen MR) is 94.8 cm³/mol. The highest BCUT2D eigenvalue weighted by Crippen LogP contribution is 2.17. The number of nitrogens with zero attached hydrogens (tertiary/aromatic N) is 6. The fourth-order valence-corrected chi connectivity index (χ4v) is 2.89. The number of amides is 1. The van der Waals surface area contributed by atoms with Crippen LogP contribution in [0.3, 0.4) is 0 Å². The van der Waals surface area contributed by atoms with Gasteiger partial charge < -0.3 is 15.1 Å². The lowest BCUT2D eigenvalue weighted by Crippen LogP contribution is -2.45. The lowest BCUT2D eigenvalue weighted by molar-refractivity contribution is 0.102. The number of hydrogen-bond donors (Lipinski definition) is 1. The number of piperazine rings is 1. The zero-order valence-corrected chi connectivity index (χ0v) is 14.3. The summed E-state index contributed by atoms with van der Waals surface area (Å²) in [4.78, 5) is 24.9. The summed E-state index contributed by atoms with van der Waals surface area (Å²) in [5.74, 6) is -0.292. The van der Waals surface area contributed by atoms with Gasteiger partial charge in [-0.05, 0) is 25.2 Å². The maximum Gasteiger partial charge on any atom is 0.276 e. The Morgan fingerprint density at radius 3 is 2.73 bits per heavy atom. The normalized spacial score (nSPS) is 15.4. The van der Waals surface area contributed by atoms with Crippen molar-refractivity contribution in [2.75, 3.05) is 43.4 Å². The van der Waals surface area contributed by atoms with Crippen molar-refractivity contribution in [3.63, 3.8) is 0 Å². The van der Waals surface area contributed by atoms with Gasteiger partial charge in [0, 0.05) is 32.4 Å². The first kappa shape index (κ1) is 16.4. The fourth-order valence-electron chi connectivity index (χ4n) is 2.89. The molecule has 8 nitrogen and oxygen atoms in total. The monoisotopic (exact) mass is 355 g/mol. The van der Waals surface area contributed by atoms with Gasteiger partial charge in [-0.1, -0.05) is 0 Å². The molecule has 4 heterocycles. The van der Waals surface area contributed by atoms with E-state index in [2.05, 4.69) is 37.2 Å². The van der Waals surface area contributed by atoms with Crippen molar-refractivity contribution in [1.29, 1.82) is 0 Å². The van der Waals surface area contributed by atoms with E-state index in [0.29, 0.717) is 5.65 Å². The second kappa shape index (κ2) is 6.68. The van der Waals surface area contributed by atoms with Crippen LogP contribution in [0.25, 0.3) is 5.65 Å². The van der Waals surface area contributed by atoms with Gasteiger partial charge in [0.15, 0.2) is 17.2 Å². The number of nitrogens with one attached hydrogen (secondary N) is 1. The summed E-state index contributed by atoms with van der Waals surface area (Å²) in [6.45, 7) is 3.65. The molecule has 0 atom stereocenters. The Bertz CT molecular complexity index is 949. The molecule has 3 aromatic heterocycles. The number of carbonyl (C=O) groups excluding carboxylic acids is 1. The SMILES string of the molecule is CN1CCN(c2ccc3ncc(C(=O)Nc4ccncc4F)n3n2)CC1. The Kier molecular flexibility index (Phi) is 4.21. The number of aromatic nitrogens is 4. The number of anilines is 2. The van der Waals surface area contributed by atoms with E-state index >= 15 is 0 Å². The average Bonchev–Trinajstić information content (AvgIpc) is 3.07. The molecular formula is C17H18FN7O. The van der Waals surface area contributed by atoms with Gasteiger partial charge in [0.05, 0.1) is 18.1 Å². The van der Waals surface area contributed by atoms with Crippen molar-refractivity contribution >= 4 is 23.1 Å². The topological polar surface area (TPSA) is 78.7 Å². The molecule has 1 fully saturated rings. The van der Waals surface area contributed by atoms with Crippen LogP contribution >= 0.6 is 0 Å². The number of hydrogen-bond acceptors (Lipinski definition) is 6. The van der Waals surface area contributed by atoms with E-state index in [1.54, 1.807) is 0 Å². The third-order valence-electron chi connectivity index (χ3n) is 4.43. The van der Waals surface area contributed by atoms with Gasteiger partial charge in [-0.2, -0.15) is 0 Å². The Morgan fingerprint density at radius 1 is 1.15 bits per heavy atom. The van der Waals surface area contributed by atoms with E-state index < -0.39 is 11.7 Å². The summed E-state index contributed by atoms with van der Waals surface area (Å²) in [5, 5.41) is 7.10. The molecule has 9 heteroatoms. The Balaban J connectivity index is 1.62. The van der Waals surface area contributed by atoms with Gasteiger partial charge in [-0.25, -0.2) is 13.9 Å². The lowest BCUT2D eigenvalue weighted by Gasteiger charge is -2.33. The van der Waals surface area contributed by atoms with E-state index in [0.717, 1.165) is 38.2 Å². The minimum Gasteiger partial charge on any atom is -0.353 e. The summed E-state index contributed by atoms with van der Waals surface area (Å²) in [6.07, 6.45) is 3.90. The van der Waals surface area contributed by atoms with Gasteiger partial charge in [0.25, 0.3) is 5.91 Å². The van der Waals surface area contributed by atoms with Crippen LogP contribution in [-0.4, -0.2) is 63.6 Å². The Morgan fingerprint density at radius 2 is 1.96 bits per heavy atom. The predicted octanol–water partition coefficient (Wildman–Crippen LogP) is 1.27. The highest BCUT2D eigenvalue weighted by molar-refractivity contribution is 6.03. The molecule has 3 aromatic rings. The second-order valence-corrected chi connectivity index (χ2v) is 6.20. The molecule has 1 saturated heterocycles. The average molecular weight is 355 g/mol. The minimum atomic E-state index is -0.597. The van der Waals surface area contributed by atoms with Gasteiger partial charge in [0.1, 0.15) is 5.82 Å². The van der Waals surface area contributed by atoms with E-state index in [-0.39, 0.29) is 11.4 Å². The Labute approximate surface area is 149 Å². The molecular weight excluding hydrogens is 337 g/mol. The third kappa shape index (κ3) is 3.08. The van der Waals surface area contributed by atoms with Crippen molar-refractivity contribution < 1.29 is 9.18 Å². The maximum atomic E-state index is 13.7. The maximum absolute atomic E-state index is 13.7. The lowest BCUT2D eigenvalue weighted by atomic mass is 10.3. The molecule has 0 saturated carbocycles. The smallest absolute Gasteiger partial charge is 0.276 e. The molecule has 1 N–H and O–H groups in total. The fraction of sp³-hybridized carbons (Fsp3) is 0.294. The number of pyridine rings is 1. The molecule has 0 aromatic carbocycles. The van der Waals surface area contributed by atoms with Gasteiger partial charge in [0.2, 0.25) is 0 Å². The van der Waals surface area contributed by atoms with Crippen molar-refractivity contribution in [3.05, 3.63) is 48.3 Å². The van der Waals surface area contributed by atoms with Crippen LogP contribution in [0.1, 0.15) is 10.5 Å². The first-order chi connectivity index (χ1) is 12.6. The molecule has 0 aliphatic carbocycles. The number of carbonyl (C=O) groups is 1. The molecule has 4 rings (SSSR count). The molecule has 0 spiro atoms. The van der Waals surface area contributed by atoms with E-state index in [4.69, 9.17) is 0 Å². The van der Waals surface area contributed by atoms with Crippen LogP contribution in [0.4, 0.5) is 15.9 Å². The van der Waals surface area contributed by atoms with Crippen LogP contribution in [0.5, 0.6) is 0 Å². The van der Waals surface area contributed by atoms with Crippen LogP contribution in [0.2, 0.25) is 0 Å². The summed E-state index contributed by atoms with van der Waals surface area (Å²) >= 11 is 0. The summed E-state index contributed by atoms with van der Waals surface area (Å²) in [6, 6.07) is 5.13. The zero-order valence-electron chi connectivity index (χ0n) is 14.3. The molecule has 26 heavy (non-hydrogen) atoms. The number of rotatable bonds is 3. The molecule has 0 bridgehead atoms. The molecule has 0 unspecified atom stereocenters. The van der Waals surface area contributed by atoms with E-state index in [9.17, 15) is 9.18 Å². The largest absolute Gasteiger partial charge is 0.353 e. The quantitative estimate of drug-likeness (QED) is 0.762. The summed E-state index contributed by atoms with van der Waals surface area (Å²) in [7, 11) is 2.09. The molecule has 1 amide bonds. The third-order valence-corrected chi connectivity index (χ3v) is 4.43. The van der Waals surface area contributed by atoms with Crippen molar-refractivity contribution in [2.45, 2.75) is 0 Å². The van der Waals surface area contributed by atoms with Gasteiger partial charge in [-0.15, -0.1) is 5.10 Å². The highest BCUT2D eigenvalue weighted by Gasteiger charge is 2.19. The number of halogens is 1. The number of imidazole rings is 1. The molecule has 134 valence electrons. The van der Waals surface area contributed by atoms with Gasteiger partial charge >= 0.3 is 0 Å². The van der Waals surface area contributed by atoms with Crippen LogP contribution in [-0.2, 0) is 0 Å². The molecule has 1 aliphatic rings. The van der Waals surface area contributed by atoms with Crippen LogP contribution in [0, 0.1) is 5.82 Å². The zero-order chi connectivity index (χ0) is 18.1. The van der Waals surface area contributed by atoms with Crippen molar-refractivity contribution in [3.8, 4) is 0 Å². The van der Waals surface area contributed by atoms with Crippen molar-refractivity contribution in [2.24, 2.45) is 0 Å². The number of likely N-dealkylation sites (N-methyl/N-ethyl adjacent to an activating group) is 1. The van der Waals surface area contributed by atoms with Crippen LogP contribution < -0.4 is 10.2 Å². The summed E-state index contributed by atoms with van der Waals surface area (Å²) in [5.41, 5.74) is 0.866. The molecule has 0 radical (unpaired) electrons.